The van der Waals surface area contributed by atoms with Gasteiger partial charge in [0.15, 0.2) is 0 Å². The van der Waals surface area contributed by atoms with E-state index in [1.807, 2.05) is 4.90 Å². The lowest BCUT2D eigenvalue weighted by molar-refractivity contribution is -0.137. The summed E-state index contributed by atoms with van der Waals surface area (Å²) in [5.74, 6) is -0.288. The van der Waals surface area contributed by atoms with E-state index >= 15 is 0 Å². The predicted octanol–water partition coefficient (Wildman–Crippen LogP) is -0.886. The Balaban J connectivity index is 0.00000172. The molecule has 0 saturated heterocycles. The summed E-state index contributed by atoms with van der Waals surface area (Å²) in [6.07, 6.45) is 2.98. The molecule has 0 unspecified atom stereocenters. The van der Waals surface area contributed by atoms with Crippen LogP contribution in [-0.2, 0) is 11.3 Å². The zero-order chi connectivity index (χ0) is 15.4. The van der Waals surface area contributed by atoms with E-state index in [0.717, 1.165) is 6.42 Å². The fourth-order valence-electron chi connectivity index (χ4n) is 1.72. The van der Waals surface area contributed by atoms with E-state index in [4.69, 9.17) is 15.3 Å². The Labute approximate surface area is 118 Å². The van der Waals surface area contributed by atoms with Crippen LogP contribution in [0.1, 0.15) is 12.8 Å². The van der Waals surface area contributed by atoms with Crippen LogP contribution in [0.3, 0.4) is 0 Å². The zero-order valence-electron chi connectivity index (χ0n) is 11.8. The first-order valence-corrected chi connectivity index (χ1v) is 6.47. The molecule has 0 atom stereocenters. The van der Waals surface area contributed by atoms with Crippen molar-refractivity contribution in [3.05, 3.63) is 12.3 Å². The number of carboxylic acids is 1. The van der Waals surface area contributed by atoms with Crippen LogP contribution < -0.4 is 10.6 Å². The first kappa shape index (κ1) is 18.4. The fraction of sp³-hybridized carbons (Fsp3) is 0.667. The van der Waals surface area contributed by atoms with Crippen LogP contribution in [0.5, 0.6) is 0 Å². The van der Waals surface area contributed by atoms with E-state index in [2.05, 4.69) is 10.8 Å². The van der Waals surface area contributed by atoms with Gasteiger partial charge >= 0.3 is 5.97 Å². The van der Waals surface area contributed by atoms with Crippen LogP contribution in [-0.4, -0.2) is 64.4 Å². The summed E-state index contributed by atoms with van der Waals surface area (Å²) < 4.78 is 1.39. The average Bonchev–Trinajstić information content (AvgIpc) is 2.87. The maximum atomic E-state index is 10.7. The topological polar surface area (TPSA) is 125 Å². The summed E-state index contributed by atoms with van der Waals surface area (Å²) in [6.45, 7) is 0.964. The molecule has 1 heterocycles. The van der Waals surface area contributed by atoms with E-state index in [1.54, 1.807) is 6.07 Å². The minimum atomic E-state index is -0.959. The van der Waals surface area contributed by atoms with Crippen LogP contribution in [0.2, 0.25) is 0 Å². The summed E-state index contributed by atoms with van der Waals surface area (Å²) >= 11 is 0. The molecule has 116 valence electrons. The zero-order valence-corrected chi connectivity index (χ0v) is 11.8. The second kappa shape index (κ2) is 11.2. The van der Waals surface area contributed by atoms with E-state index in [9.17, 15) is 4.79 Å². The molecule has 0 bridgehead atoms. The van der Waals surface area contributed by atoms with Crippen molar-refractivity contribution < 1.29 is 20.1 Å². The van der Waals surface area contributed by atoms with Crippen LogP contribution >= 0.6 is 0 Å². The van der Waals surface area contributed by atoms with Crippen molar-refractivity contribution in [1.82, 2.24) is 9.78 Å². The van der Waals surface area contributed by atoms with Gasteiger partial charge < -0.3 is 26.0 Å². The SMILES string of the molecule is CN.O=C(O)Cn1nccc1N(CCO)CCCCO. The van der Waals surface area contributed by atoms with Crippen molar-refractivity contribution in [2.24, 2.45) is 5.73 Å². The van der Waals surface area contributed by atoms with Gasteiger partial charge in [0.05, 0.1) is 12.8 Å². The van der Waals surface area contributed by atoms with Gasteiger partial charge in [-0.05, 0) is 19.9 Å². The maximum absolute atomic E-state index is 10.7. The number of aromatic nitrogens is 2. The summed E-state index contributed by atoms with van der Waals surface area (Å²) in [5.41, 5.74) is 4.50. The Morgan fingerprint density at radius 1 is 1.30 bits per heavy atom. The Hall–Kier alpha value is -1.64. The number of hydrogen-bond acceptors (Lipinski definition) is 6. The number of rotatable bonds is 9. The lowest BCUT2D eigenvalue weighted by atomic mass is 10.3. The lowest BCUT2D eigenvalue weighted by Crippen LogP contribution is -2.31. The number of nitrogens with two attached hydrogens (primary N) is 1. The molecule has 0 spiro atoms. The third-order valence-corrected chi connectivity index (χ3v) is 2.51. The highest BCUT2D eigenvalue weighted by Gasteiger charge is 2.13. The molecular weight excluding hydrogens is 264 g/mol. The molecule has 1 aromatic rings. The van der Waals surface area contributed by atoms with Gasteiger partial charge in [-0.15, -0.1) is 0 Å². The molecule has 0 aliphatic carbocycles. The van der Waals surface area contributed by atoms with Crippen molar-refractivity contribution in [3.8, 4) is 0 Å². The molecule has 8 nitrogen and oxygen atoms in total. The Bertz CT molecular complexity index is 370. The smallest absolute Gasteiger partial charge is 0.325 e. The average molecular weight is 288 g/mol. The molecule has 0 aliphatic rings. The monoisotopic (exact) mass is 288 g/mol. The predicted molar refractivity (Wildman–Crippen MR) is 75.6 cm³/mol. The minimum absolute atomic E-state index is 0.0165. The first-order valence-electron chi connectivity index (χ1n) is 6.47. The Kier molecular flexibility index (Phi) is 10.3. The van der Waals surface area contributed by atoms with Crippen molar-refractivity contribution in [2.75, 3.05) is 38.3 Å². The maximum Gasteiger partial charge on any atom is 0.325 e. The van der Waals surface area contributed by atoms with Crippen molar-refractivity contribution in [2.45, 2.75) is 19.4 Å². The van der Waals surface area contributed by atoms with Gasteiger partial charge in [-0.3, -0.25) is 4.79 Å². The quantitative estimate of drug-likeness (QED) is 0.434. The number of hydrogen-bond donors (Lipinski definition) is 4. The van der Waals surface area contributed by atoms with Crippen molar-refractivity contribution in [3.63, 3.8) is 0 Å². The molecule has 0 amide bonds. The summed E-state index contributed by atoms with van der Waals surface area (Å²) in [7, 11) is 1.50. The fourth-order valence-corrected chi connectivity index (χ4v) is 1.72. The number of unbranched alkanes of at least 4 members (excludes halogenated alkanes) is 1. The Morgan fingerprint density at radius 2 is 2.00 bits per heavy atom. The molecular formula is C12H24N4O4. The molecule has 5 N–H and O–H groups in total. The molecule has 0 aliphatic heterocycles. The highest BCUT2D eigenvalue weighted by Crippen LogP contribution is 2.14. The molecule has 1 rings (SSSR count). The van der Waals surface area contributed by atoms with Gasteiger partial charge in [0.2, 0.25) is 0 Å². The van der Waals surface area contributed by atoms with Crippen LogP contribution in [0.4, 0.5) is 5.82 Å². The Morgan fingerprint density at radius 3 is 2.55 bits per heavy atom. The van der Waals surface area contributed by atoms with Crippen molar-refractivity contribution >= 4 is 11.8 Å². The molecule has 0 fully saturated rings. The van der Waals surface area contributed by atoms with E-state index in [1.165, 1.54) is 17.9 Å². The van der Waals surface area contributed by atoms with E-state index in [-0.39, 0.29) is 19.8 Å². The summed E-state index contributed by atoms with van der Waals surface area (Å²) in [6, 6.07) is 1.72. The lowest BCUT2D eigenvalue weighted by Gasteiger charge is -2.24. The molecule has 0 radical (unpaired) electrons. The largest absolute Gasteiger partial charge is 0.480 e. The minimum Gasteiger partial charge on any atom is -0.480 e. The van der Waals surface area contributed by atoms with Crippen LogP contribution in [0.25, 0.3) is 0 Å². The van der Waals surface area contributed by atoms with E-state index in [0.29, 0.717) is 25.3 Å². The summed E-state index contributed by atoms with van der Waals surface area (Å²) in [4.78, 5) is 12.6. The number of nitrogens with zero attached hydrogens (tertiary/aromatic N) is 3. The van der Waals surface area contributed by atoms with Gasteiger partial charge in [-0.1, -0.05) is 0 Å². The molecule has 0 aromatic carbocycles. The first-order chi connectivity index (χ1) is 9.69. The third kappa shape index (κ3) is 6.50. The number of carboxylic acid groups (broad SMARTS) is 1. The second-order valence-corrected chi connectivity index (χ2v) is 3.88. The van der Waals surface area contributed by atoms with Gasteiger partial charge in [0.25, 0.3) is 0 Å². The van der Waals surface area contributed by atoms with Gasteiger partial charge in [-0.25, -0.2) is 4.68 Å². The van der Waals surface area contributed by atoms with Gasteiger partial charge in [0, 0.05) is 25.8 Å². The number of anilines is 1. The molecule has 20 heavy (non-hydrogen) atoms. The third-order valence-electron chi connectivity index (χ3n) is 2.51. The number of aliphatic hydroxyl groups is 2. The van der Waals surface area contributed by atoms with E-state index < -0.39 is 5.97 Å². The second-order valence-electron chi connectivity index (χ2n) is 3.88. The number of aliphatic carboxylic acids is 1. The molecule has 1 aromatic heterocycles. The highest BCUT2D eigenvalue weighted by molar-refractivity contribution is 5.67. The van der Waals surface area contributed by atoms with Crippen LogP contribution in [0.15, 0.2) is 12.3 Å². The summed E-state index contributed by atoms with van der Waals surface area (Å²) in [5, 5.41) is 30.5. The van der Waals surface area contributed by atoms with Crippen molar-refractivity contribution in [1.29, 1.82) is 0 Å². The van der Waals surface area contributed by atoms with Crippen LogP contribution in [0, 0.1) is 0 Å². The highest BCUT2D eigenvalue weighted by atomic mass is 16.4. The normalized spacial score (nSPS) is 9.80. The molecule has 0 saturated carbocycles. The van der Waals surface area contributed by atoms with Gasteiger partial charge in [0.1, 0.15) is 12.4 Å². The number of carbonyl (C=O) groups is 1. The van der Waals surface area contributed by atoms with Gasteiger partial charge in [-0.2, -0.15) is 5.10 Å². The molecule has 8 heteroatoms. The standard InChI is InChI=1S/C11H19N3O4.CH5N/c15-7-2-1-5-13(6-8-16)10-3-4-12-14(10)9-11(17)18;1-2/h3-4,15-16H,1-2,5-9H2,(H,17,18);2H2,1H3. The number of aliphatic hydroxyl groups excluding tert-OH is 2.